The summed E-state index contributed by atoms with van der Waals surface area (Å²) >= 11 is 2.85. The van der Waals surface area contributed by atoms with Crippen molar-refractivity contribution < 1.29 is 4.79 Å². The SMILES string of the molecule is Cc1ccccc1Nc1nnc(SCC(=O)Nc2ccc3c(c2)CCC3)s1. The Morgan fingerprint density at radius 1 is 1.15 bits per heavy atom. The van der Waals surface area contributed by atoms with E-state index in [0.29, 0.717) is 5.75 Å². The number of rotatable bonds is 6. The number of hydrogen-bond donors (Lipinski definition) is 2. The topological polar surface area (TPSA) is 66.9 Å². The Labute approximate surface area is 166 Å². The highest BCUT2D eigenvalue weighted by atomic mass is 32.2. The van der Waals surface area contributed by atoms with Crippen molar-refractivity contribution in [2.75, 3.05) is 16.4 Å². The fourth-order valence-electron chi connectivity index (χ4n) is 3.12. The number of hydrogen-bond acceptors (Lipinski definition) is 6. The van der Waals surface area contributed by atoms with Crippen LogP contribution in [0.1, 0.15) is 23.1 Å². The molecule has 7 heteroatoms. The van der Waals surface area contributed by atoms with Crippen molar-refractivity contribution in [2.24, 2.45) is 0 Å². The molecule has 0 bridgehead atoms. The maximum Gasteiger partial charge on any atom is 0.234 e. The highest BCUT2D eigenvalue weighted by Crippen LogP contribution is 2.29. The van der Waals surface area contributed by atoms with Crippen LogP contribution in [0.15, 0.2) is 46.8 Å². The molecule has 3 aromatic rings. The molecule has 0 unspecified atom stereocenters. The molecule has 1 aliphatic rings. The van der Waals surface area contributed by atoms with Crippen LogP contribution in [-0.2, 0) is 17.6 Å². The minimum absolute atomic E-state index is 0.0263. The summed E-state index contributed by atoms with van der Waals surface area (Å²) in [5.41, 5.74) is 5.80. The molecule has 1 heterocycles. The molecular weight excluding hydrogens is 376 g/mol. The summed E-state index contributed by atoms with van der Waals surface area (Å²) in [5.74, 6) is 0.289. The van der Waals surface area contributed by atoms with Gasteiger partial charge in [-0.1, -0.05) is 47.4 Å². The number of aryl methyl sites for hydroxylation is 3. The monoisotopic (exact) mass is 396 g/mol. The van der Waals surface area contributed by atoms with E-state index < -0.39 is 0 Å². The fraction of sp³-hybridized carbons (Fsp3) is 0.250. The van der Waals surface area contributed by atoms with Gasteiger partial charge in [-0.15, -0.1) is 10.2 Å². The number of nitrogens with zero attached hydrogens (tertiary/aromatic N) is 2. The van der Waals surface area contributed by atoms with Crippen LogP contribution in [0.4, 0.5) is 16.5 Å². The number of benzene rings is 2. The van der Waals surface area contributed by atoms with E-state index in [-0.39, 0.29) is 5.91 Å². The van der Waals surface area contributed by atoms with Gasteiger partial charge < -0.3 is 10.6 Å². The number of para-hydroxylation sites is 1. The molecule has 1 aliphatic carbocycles. The van der Waals surface area contributed by atoms with Crippen molar-refractivity contribution in [3.63, 3.8) is 0 Å². The van der Waals surface area contributed by atoms with E-state index in [9.17, 15) is 4.79 Å². The van der Waals surface area contributed by atoms with Gasteiger partial charge in [-0.25, -0.2) is 0 Å². The average Bonchev–Trinajstić information content (AvgIpc) is 3.31. The highest BCUT2D eigenvalue weighted by Gasteiger charge is 2.13. The third-order valence-electron chi connectivity index (χ3n) is 4.50. The number of amides is 1. The summed E-state index contributed by atoms with van der Waals surface area (Å²) in [7, 11) is 0. The molecule has 0 aliphatic heterocycles. The second-order valence-corrected chi connectivity index (χ2v) is 8.69. The van der Waals surface area contributed by atoms with E-state index in [1.54, 1.807) is 0 Å². The molecular formula is C20H20N4OS2. The van der Waals surface area contributed by atoms with Crippen molar-refractivity contribution in [2.45, 2.75) is 30.5 Å². The first-order valence-electron chi connectivity index (χ1n) is 8.88. The summed E-state index contributed by atoms with van der Waals surface area (Å²) in [6.07, 6.45) is 3.46. The number of carbonyl (C=O) groups excluding carboxylic acids is 1. The van der Waals surface area contributed by atoms with E-state index in [2.05, 4.69) is 33.0 Å². The van der Waals surface area contributed by atoms with Crippen molar-refractivity contribution >= 4 is 45.5 Å². The van der Waals surface area contributed by atoms with Gasteiger partial charge in [0.25, 0.3) is 0 Å². The van der Waals surface area contributed by atoms with Gasteiger partial charge in [0, 0.05) is 11.4 Å². The lowest BCUT2D eigenvalue weighted by Crippen LogP contribution is -2.14. The van der Waals surface area contributed by atoms with E-state index in [1.165, 1.54) is 40.6 Å². The summed E-state index contributed by atoms with van der Waals surface area (Å²) in [5, 5.41) is 15.3. The van der Waals surface area contributed by atoms with Crippen molar-refractivity contribution in [3.05, 3.63) is 59.2 Å². The molecule has 0 saturated heterocycles. The Kier molecular flexibility index (Phi) is 5.40. The Balaban J connectivity index is 1.30. The molecule has 138 valence electrons. The number of anilines is 3. The Morgan fingerprint density at radius 2 is 2.00 bits per heavy atom. The normalized spacial score (nSPS) is 12.6. The summed E-state index contributed by atoms with van der Waals surface area (Å²) in [4.78, 5) is 12.2. The van der Waals surface area contributed by atoms with Crippen LogP contribution in [0.25, 0.3) is 0 Å². The molecule has 27 heavy (non-hydrogen) atoms. The summed E-state index contributed by atoms with van der Waals surface area (Å²) < 4.78 is 0.773. The lowest BCUT2D eigenvalue weighted by molar-refractivity contribution is -0.113. The Hall–Kier alpha value is -2.38. The van der Waals surface area contributed by atoms with Crippen molar-refractivity contribution in [1.82, 2.24) is 10.2 Å². The maximum absolute atomic E-state index is 12.2. The molecule has 0 spiro atoms. The lowest BCUT2D eigenvalue weighted by atomic mass is 10.1. The first-order valence-corrected chi connectivity index (χ1v) is 10.7. The van der Waals surface area contributed by atoms with Gasteiger partial charge in [0.15, 0.2) is 4.34 Å². The molecule has 0 saturated carbocycles. The van der Waals surface area contributed by atoms with Gasteiger partial charge in [-0.05, 0) is 61.1 Å². The Bertz CT molecular complexity index is 970. The second kappa shape index (κ2) is 8.10. The minimum atomic E-state index is -0.0263. The molecule has 1 aromatic heterocycles. The minimum Gasteiger partial charge on any atom is -0.330 e. The number of aromatic nitrogens is 2. The predicted octanol–water partition coefficient (Wildman–Crippen LogP) is 4.81. The van der Waals surface area contributed by atoms with Crippen LogP contribution in [0, 0.1) is 6.92 Å². The van der Waals surface area contributed by atoms with E-state index in [0.717, 1.165) is 39.3 Å². The number of carbonyl (C=O) groups is 1. The van der Waals surface area contributed by atoms with E-state index in [4.69, 9.17) is 0 Å². The predicted molar refractivity (Wildman–Crippen MR) is 112 cm³/mol. The quantitative estimate of drug-likeness (QED) is 0.585. The molecule has 1 amide bonds. The van der Waals surface area contributed by atoms with E-state index in [1.807, 2.05) is 37.3 Å². The zero-order chi connectivity index (χ0) is 18.6. The molecule has 0 radical (unpaired) electrons. The van der Waals surface area contributed by atoms with Crippen LogP contribution >= 0.6 is 23.1 Å². The van der Waals surface area contributed by atoms with Gasteiger partial charge in [-0.3, -0.25) is 4.79 Å². The van der Waals surface area contributed by atoms with Crippen LogP contribution < -0.4 is 10.6 Å². The van der Waals surface area contributed by atoms with E-state index >= 15 is 0 Å². The lowest BCUT2D eigenvalue weighted by Gasteiger charge is -2.06. The first-order chi connectivity index (χ1) is 13.2. The highest BCUT2D eigenvalue weighted by molar-refractivity contribution is 8.01. The van der Waals surface area contributed by atoms with Crippen molar-refractivity contribution in [3.8, 4) is 0 Å². The second-order valence-electron chi connectivity index (χ2n) is 6.49. The van der Waals surface area contributed by atoms with Crippen LogP contribution in [-0.4, -0.2) is 21.9 Å². The average molecular weight is 397 g/mol. The van der Waals surface area contributed by atoms with Gasteiger partial charge in [0.2, 0.25) is 11.0 Å². The Morgan fingerprint density at radius 3 is 2.89 bits per heavy atom. The molecule has 0 fully saturated rings. The summed E-state index contributed by atoms with van der Waals surface area (Å²) in [6.45, 7) is 2.04. The van der Waals surface area contributed by atoms with Gasteiger partial charge in [-0.2, -0.15) is 0 Å². The number of nitrogens with one attached hydrogen (secondary N) is 2. The van der Waals surface area contributed by atoms with Gasteiger partial charge in [0.05, 0.1) is 5.75 Å². The molecule has 2 aromatic carbocycles. The largest absolute Gasteiger partial charge is 0.330 e. The van der Waals surface area contributed by atoms with Crippen molar-refractivity contribution in [1.29, 1.82) is 0 Å². The smallest absolute Gasteiger partial charge is 0.234 e. The molecule has 5 nitrogen and oxygen atoms in total. The third kappa shape index (κ3) is 4.48. The van der Waals surface area contributed by atoms with Gasteiger partial charge in [0.1, 0.15) is 0 Å². The molecule has 2 N–H and O–H groups in total. The first kappa shape index (κ1) is 18.0. The van der Waals surface area contributed by atoms with Crippen LogP contribution in [0.5, 0.6) is 0 Å². The number of fused-ring (bicyclic) bond motifs is 1. The van der Waals surface area contributed by atoms with Crippen LogP contribution in [0.3, 0.4) is 0 Å². The van der Waals surface area contributed by atoms with Gasteiger partial charge >= 0.3 is 0 Å². The zero-order valence-corrected chi connectivity index (χ0v) is 16.6. The standard InChI is InChI=1S/C20H20N4OS2/c1-13-5-2-3-8-17(13)22-19-23-24-20(27-19)26-12-18(25)21-16-10-9-14-6-4-7-15(14)11-16/h2-3,5,8-11H,4,6-7,12H2,1H3,(H,21,25)(H,22,23). The third-order valence-corrected chi connectivity index (χ3v) is 6.47. The molecule has 4 rings (SSSR count). The number of thioether (sulfide) groups is 1. The molecule has 0 atom stereocenters. The maximum atomic E-state index is 12.2. The fourth-order valence-corrected chi connectivity index (χ4v) is 4.69. The van der Waals surface area contributed by atoms with Crippen LogP contribution in [0.2, 0.25) is 0 Å². The zero-order valence-electron chi connectivity index (χ0n) is 15.0. The summed E-state index contributed by atoms with van der Waals surface area (Å²) in [6, 6.07) is 14.2.